The van der Waals surface area contributed by atoms with E-state index in [-0.39, 0.29) is 7.12 Å². The van der Waals surface area contributed by atoms with Crippen LogP contribution in [0.25, 0.3) is 0 Å². The number of rotatable bonds is 1. The molecule has 0 bridgehead atoms. The minimum Gasteiger partial charge on any atom is -0.402 e. The highest BCUT2D eigenvalue weighted by molar-refractivity contribution is 6.61. The summed E-state index contributed by atoms with van der Waals surface area (Å²) in [5, 5.41) is 0. The molecule has 1 saturated heterocycles. The summed E-state index contributed by atoms with van der Waals surface area (Å²) in [5.41, 5.74) is 1.15. The second-order valence-corrected chi connectivity index (χ2v) is 4.38. The summed E-state index contributed by atoms with van der Waals surface area (Å²) in [6, 6.07) is 10.2. The van der Waals surface area contributed by atoms with Crippen molar-refractivity contribution in [2.75, 3.05) is 0 Å². The van der Waals surface area contributed by atoms with Gasteiger partial charge in [0.15, 0.2) is 0 Å². The SMILES string of the molecule is c1ccc(B2OC3CCCCC3O2)cc1. The van der Waals surface area contributed by atoms with Crippen LogP contribution < -0.4 is 5.46 Å². The van der Waals surface area contributed by atoms with Gasteiger partial charge >= 0.3 is 7.12 Å². The molecule has 0 aromatic heterocycles. The molecule has 3 rings (SSSR count). The highest BCUT2D eigenvalue weighted by Gasteiger charge is 2.41. The fourth-order valence-corrected chi connectivity index (χ4v) is 2.49. The Balaban J connectivity index is 1.75. The second kappa shape index (κ2) is 3.99. The first-order valence-electron chi connectivity index (χ1n) is 5.79. The van der Waals surface area contributed by atoms with E-state index in [1.807, 2.05) is 18.2 Å². The van der Waals surface area contributed by atoms with Crippen molar-refractivity contribution in [2.45, 2.75) is 37.9 Å². The maximum atomic E-state index is 5.93. The van der Waals surface area contributed by atoms with E-state index in [0.717, 1.165) is 18.3 Å². The predicted molar refractivity (Wildman–Crippen MR) is 60.0 cm³/mol. The average molecular weight is 202 g/mol. The largest absolute Gasteiger partial charge is 0.494 e. The van der Waals surface area contributed by atoms with Crippen LogP contribution in [0.5, 0.6) is 0 Å². The molecule has 1 aliphatic carbocycles. The van der Waals surface area contributed by atoms with Crippen molar-refractivity contribution in [1.82, 2.24) is 0 Å². The average Bonchev–Trinajstić information content (AvgIpc) is 2.74. The highest BCUT2D eigenvalue weighted by atomic mass is 16.7. The molecule has 1 heterocycles. The van der Waals surface area contributed by atoms with Gasteiger partial charge in [0.25, 0.3) is 0 Å². The zero-order valence-electron chi connectivity index (χ0n) is 8.76. The Morgan fingerprint density at radius 2 is 1.53 bits per heavy atom. The summed E-state index contributed by atoms with van der Waals surface area (Å²) in [7, 11) is -0.126. The first-order valence-corrected chi connectivity index (χ1v) is 5.79. The van der Waals surface area contributed by atoms with Gasteiger partial charge in [0.2, 0.25) is 0 Å². The molecule has 1 aliphatic heterocycles. The smallest absolute Gasteiger partial charge is 0.402 e. The van der Waals surface area contributed by atoms with Gasteiger partial charge < -0.3 is 9.31 Å². The molecule has 2 nitrogen and oxygen atoms in total. The van der Waals surface area contributed by atoms with Gasteiger partial charge in [0.1, 0.15) is 0 Å². The molecule has 0 spiro atoms. The van der Waals surface area contributed by atoms with Crippen molar-refractivity contribution in [2.24, 2.45) is 0 Å². The lowest BCUT2D eigenvalue weighted by molar-refractivity contribution is 0.110. The molecule has 0 radical (unpaired) electrons. The molecule has 2 fully saturated rings. The molecular weight excluding hydrogens is 187 g/mol. The van der Waals surface area contributed by atoms with Crippen LogP contribution in [0.3, 0.4) is 0 Å². The van der Waals surface area contributed by atoms with Crippen LogP contribution >= 0.6 is 0 Å². The summed E-state index contributed by atoms with van der Waals surface area (Å²) in [4.78, 5) is 0. The van der Waals surface area contributed by atoms with Crippen LogP contribution in [0.4, 0.5) is 0 Å². The molecule has 1 aromatic carbocycles. The van der Waals surface area contributed by atoms with Gasteiger partial charge in [-0.15, -0.1) is 0 Å². The maximum Gasteiger partial charge on any atom is 0.494 e. The molecule has 0 amide bonds. The molecular formula is C12H15BO2. The molecule has 2 unspecified atom stereocenters. The Morgan fingerprint density at radius 3 is 2.13 bits per heavy atom. The second-order valence-electron chi connectivity index (χ2n) is 4.38. The van der Waals surface area contributed by atoms with Gasteiger partial charge in [0, 0.05) is 0 Å². The summed E-state index contributed by atoms with van der Waals surface area (Å²) < 4.78 is 11.9. The van der Waals surface area contributed by atoms with E-state index >= 15 is 0 Å². The lowest BCUT2D eigenvalue weighted by Crippen LogP contribution is -2.32. The predicted octanol–water partition coefficient (Wildman–Crippen LogP) is 1.74. The fraction of sp³-hybridized carbons (Fsp3) is 0.500. The fourth-order valence-electron chi connectivity index (χ4n) is 2.49. The van der Waals surface area contributed by atoms with Gasteiger partial charge in [-0.2, -0.15) is 0 Å². The first-order chi connectivity index (χ1) is 7.43. The normalized spacial score (nSPS) is 30.3. The summed E-state index contributed by atoms with van der Waals surface area (Å²) >= 11 is 0. The van der Waals surface area contributed by atoms with Crippen LogP contribution in [0, 0.1) is 0 Å². The van der Waals surface area contributed by atoms with Crippen molar-refractivity contribution in [3.63, 3.8) is 0 Å². The molecule has 3 heteroatoms. The minimum atomic E-state index is -0.126. The molecule has 2 atom stereocenters. The van der Waals surface area contributed by atoms with Crippen LogP contribution in [-0.4, -0.2) is 19.3 Å². The first kappa shape index (κ1) is 9.43. The van der Waals surface area contributed by atoms with Gasteiger partial charge in [0.05, 0.1) is 12.2 Å². The quantitative estimate of drug-likeness (QED) is 0.645. The van der Waals surface area contributed by atoms with Gasteiger partial charge in [-0.3, -0.25) is 0 Å². The lowest BCUT2D eigenvalue weighted by atomic mass is 9.79. The third-order valence-electron chi connectivity index (χ3n) is 3.31. The monoisotopic (exact) mass is 202 g/mol. The van der Waals surface area contributed by atoms with Crippen LogP contribution in [0.15, 0.2) is 30.3 Å². The Kier molecular flexibility index (Phi) is 2.51. The van der Waals surface area contributed by atoms with Crippen molar-refractivity contribution in [3.05, 3.63) is 30.3 Å². The van der Waals surface area contributed by atoms with E-state index < -0.39 is 0 Å². The highest BCUT2D eigenvalue weighted by Crippen LogP contribution is 2.29. The Morgan fingerprint density at radius 1 is 0.933 bits per heavy atom. The molecule has 0 N–H and O–H groups in total. The van der Waals surface area contributed by atoms with Crippen molar-refractivity contribution >= 4 is 12.6 Å². The van der Waals surface area contributed by atoms with E-state index in [0.29, 0.717) is 12.2 Å². The number of hydrogen-bond donors (Lipinski definition) is 0. The summed E-state index contributed by atoms with van der Waals surface area (Å²) in [6.45, 7) is 0. The molecule has 1 saturated carbocycles. The number of hydrogen-bond acceptors (Lipinski definition) is 2. The van der Waals surface area contributed by atoms with Crippen molar-refractivity contribution in [1.29, 1.82) is 0 Å². The van der Waals surface area contributed by atoms with Gasteiger partial charge in [-0.25, -0.2) is 0 Å². The van der Waals surface area contributed by atoms with Gasteiger partial charge in [-0.05, 0) is 18.3 Å². The third kappa shape index (κ3) is 1.82. The molecule has 15 heavy (non-hydrogen) atoms. The van der Waals surface area contributed by atoms with E-state index in [1.54, 1.807) is 0 Å². The number of fused-ring (bicyclic) bond motifs is 1. The van der Waals surface area contributed by atoms with Crippen LogP contribution in [0.2, 0.25) is 0 Å². The van der Waals surface area contributed by atoms with Crippen molar-refractivity contribution < 1.29 is 9.31 Å². The van der Waals surface area contributed by atoms with Crippen LogP contribution in [0.1, 0.15) is 25.7 Å². The summed E-state index contributed by atoms with van der Waals surface area (Å²) in [6.07, 6.45) is 5.56. The molecule has 1 aromatic rings. The Labute approximate surface area is 90.7 Å². The molecule has 2 aliphatic rings. The van der Waals surface area contributed by atoms with E-state index in [1.165, 1.54) is 12.8 Å². The van der Waals surface area contributed by atoms with E-state index in [2.05, 4.69) is 12.1 Å². The Bertz CT molecular complexity index is 314. The maximum absolute atomic E-state index is 5.93. The van der Waals surface area contributed by atoms with E-state index in [9.17, 15) is 0 Å². The zero-order chi connectivity index (χ0) is 10.1. The summed E-state index contributed by atoms with van der Waals surface area (Å²) in [5.74, 6) is 0. The standard InChI is InChI=1S/C12H15BO2/c1-2-6-10(7-3-1)13-14-11-8-4-5-9-12(11)15-13/h1-3,6-7,11-12H,4-5,8-9H2. The lowest BCUT2D eigenvalue weighted by Gasteiger charge is -2.22. The van der Waals surface area contributed by atoms with Gasteiger partial charge in [-0.1, -0.05) is 43.2 Å². The topological polar surface area (TPSA) is 18.5 Å². The minimum absolute atomic E-state index is 0.126. The molecule has 78 valence electrons. The zero-order valence-corrected chi connectivity index (χ0v) is 8.76. The van der Waals surface area contributed by atoms with Crippen LogP contribution in [-0.2, 0) is 9.31 Å². The Hall–Kier alpha value is -0.795. The number of benzene rings is 1. The van der Waals surface area contributed by atoms with Crippen molar-refractivity contribution in [3.8, 4) is 0 Å². The third-order valence-corrected chi connectivity index (χ3v) is 3.31. The van der Waals surface area contributed by atoms with E-state index in [4.69, 9.17) is 9.31 Å².